The van der Waals surface area contributed by atoms with E-state index in [-0.39, 0.29) is 12.1 Å². The number of hydrogen-bond donors (Lipinski definition) is 0. The Hall–Kier alpha value is -2.08. The van der Waals surface area contributed by atoms with Crippen molar-refractivity contribution in [1.29, 1.82) is 5.26 Å². The summed E-state index contributed by atoms with van der Waals surface area (Å²) in [6, 6.07) is 9.95. The quantitative estimate of drug-likeness (QED) is 0.621. The van der Waals surface area contributed by atoms with Crippen molar-refractivity contribution in [1.82, 2.24) is 0 Å². The second-order valence-corrected chi connectivity index (χ2v) is 5.14. The lowest BCUT2D eigenvalue weighted by molar-refractivity contribution is -0.144. The van der Waals surface area contributed by atoms with Gasteiger partial charge in [0.25, 0.3) is 0 Å². The Kier molecular flexibility index (Phi) is 4.95. The number of nitrogens with zero attached hydrogens (tertiary/aromatic N) is 1. The van der Waals surface area contributed by atoms with Crippen LogP contribution in [0.2, 0.25) is 0 Å². The Bertz CT molecular complexity index is 517. The summed E-state index contributed by atoms with van der Waals surface area (Å²) < 4.78 is 5.38. The van der Waals surface area contributed by atoms with Crippen molar-refractivity contribution in [3.8, 4) is 6.07 Å². The summed E-state index contributed by atoms with van der Waals surface area (Å²) >= 11 is 0. The number of allylic oxidation sites excluding steroid dienone is 1. The lowest BCUT2D eigenvalue weighted by Crippen LogP contribution is -2.23. The Morgan fingerprint density at radius 1 is 1.25 bits per heavy atom. The first-order chi connectivity index (χ1) is 9.72. The zero-order valence-electron chi connectivity index (χ0n) is 11.7. The molecule has 1 aliphatic rings. The van der Waals surface area contributed by atoms with Gasteiger partial charge >= 0.3 is 5.97 Å². The summed E-state index contributed by atoms with van der Waals surface area (Å²) in [5.41, 5.74) is 1.98. The van der Waals surface area contributed by atoms with Crippen LogP contribution in [0.25, 0.3) is 0 Å². The van der Waals surface area contributed by atoms with Crippen molar-refractivity contribution < 1.29 is 9.53 Å². The van der Waals surface area contributed by atoms with Gasteiger partial charge in [0.15, 0.2) is 0 Å². The number of hydrogen-bond acceptors (Lipinski definition) is 3. The van der Waals surface area contributed by atoms with E-state index < -0.39 is 0 Å². The normalized spacial score (nSPS) is 22.4. The largest absolute Gasteiger partial charge is 0.459 e. The van der Waals surface area contributed by atoms with Gasteiger partial charge in [-0.1, -0.05) is 18.2 Å². The van der Waals surface area contributed by atoms with E-state index in [4.69, 9.17) is 10.00 Å². The van der Waals surface area contributed by atoms with Crippen molar-refractivity contribution >= 4 is 5.97 Å². The van der Waals surface area contributed by atoms with E-state index in [0.29, 0.717) is 11.5 Å². The molecule has 1 saturated carbocycles. The number of rotatable bonds is 3. The van der Waals surface area contributed by atoms with Crippen molar-refractivity contribution in [2.45, 2.75) is 44.6 Å². The van der Waals surface area contributed by atoms with Crippen LogP contribution in [0.1, 0.15) is 49.7 Å². The second-order valence-electron chi connectivity index (χ2n) is 5.14. The van der Waals surface area contributed by atoms with E-state index in [9.17, 15) is 4.79 Å². The van der Waals surface area contributed by atoms with Crippen molar-refractivity contribution in [3.63, 3.8) is 0 Å². The molecule has 0 aliphatic heterocycles. The van der Waals surface area contributed by atoms with E-state index in [2.05, 4.69) is 6.07 Å². The Balaban J connectivity index is 1.87. The molecule has 0 saturated heterocycles. The first-order valence-corrected chi connectivity index (χ1v) is 7.06. The minimum atomic E-state index is -0.241. The molecule has 1 fully saturated rings. The molecule has 0 bridgehead atoms. The SMILES string of the molecule is CC=CC(=O)OC1CCC(c2ccc(C#N)cc2)CC1. The van der Waals surface area contributed by atoms with Gasteiger partial charge in [0.1, 0.15) is 6.10 Å². The smallest absolute Gasteiger partial charge is 0.330 e. The Morgan fingerprint density at radius 3 is 2.45 bits per heavy atom. The maximum absolute atomic E-state index is 11.4. The van der Waals surface area contributed by atoms with Gasteiger partial charge in [-0.15, -0.1) is 0 Å². The number of esters is 1. The number of ether oxygens (including phenoxy) is 1. The van der Waals surface area contributed by atoms with Gasteiger partial charge in [-0.3, -0.25) is 0 Å². The number of nitriles is 1. The van der Waals surface area contributed by atoms with Gasteiger partial charge in [0.05, 0.1) is 11.6 Å². The van der Waals surface area contributed by atoms with Crippen LogP contribution in [0.4, 0.5) is 0 Å². The average Bonchev–Trinajstić information content (AvgIpc) is 2.48. The molecule has 0 spiro atoms. The number of carbonyl (C=O) groups excluding carboxylic acids is 1. The molecule has 0 heterocycles. The zero-order chi connectivity index (χ0) is 14.4. The van der Waals surface area contributed by atoms with Crippen LogP contribution < -0.4 is 0 Å². The molecule has 104 valence electrons. The minimum Gasteiger partial charge on any atom is -0.459 e. The topological polar surface area (TPSA) is 50.1 Å². The number of benzene rings is 1. The minimum absolute atomic E-state index is 0.0494. The lowest BCUT2D eigenvalue weighted by atomic mass is 9.82. The van der Waals surface area contributed by atoms with Gasteiger partial charge < -0.3 is 4.74 Å². The first-order valence-electron chi connectivity index (χ1n) is 7.06. The van der Waals surface area contributed by atoms with E-state index in [1.165, 1.54) is 11.6 Å². The molecule has 0 N–H and O–H groups in total. The summed E-state index contributed by atoms with van der Waals surface area (Å²) in [6.45, 7) is 1.81. The molecule has 3 heteroatoms. The molecule has 0 unspecified atom stereocenters. The Labute approximate surface area is 119 Å². The molecule has 0 amide bonds. The summed E-state index contributed by atoms with van der Waals surface area (Å²) in [4.78, 5) is 11.4. The van der Waals surface area contributed by atoms with Crippen molar-refractivity contribution in [2.75, 3.05) is 0 Å². The van der Waals surface area contributed by atoms with Gasteiger partial charge in [-0.2, -0.15) is 5.26 Å². The second kappa shape index (κ2) is 6.91. The van der Waals surface area contributed by atoms with Crippen molar-refractivity contribution in [3.05, 3.63) is 47.5 Å². The molecule has 1 aromatic rings. The van der Waals surface area contributed by atoms with Crippen LogP contribution >= 0.6 is 0 Å². The fraction of sp³-hybridized carbons (Fsp3) is 0.412. The highest BCUT2D eigenvalue weighted by molar-refractivity contribution is 5.81. The van der Waals surface area contributed by atoms with Gasteiger partial charge in [-0.05, 0) is 56.2 Å². The third-order valence-electron chi connectivity index (χ3n) is 3.77. The number of carbonyl (C=O) groups is 1. The van der Waals surface area contributed by atoms with Gasteiger partial charge in [-0.25, -0.2) is 4.79 Å². The third-order valence-corrected chi connectivity index (χ3v) is 3.77. The van der Waals surface area contributed by atoms with Crippen LogP contribution in [0.15, 0.2) is 36.4 Å². The maximum atomic E-state index is 11.4. The van der Waals surface area contributed by atoms with Crippen LogP contribution in [0.3, 0.4) is 0 Å². The molecular weight excluding hydrogens is 250 g/mol. The molecule has 2 rings (SSSR count). The predicted molar refractivity (Wildman–Crippen MR) is 77.1 cm³/mol. The molecular formula is C17H19NO2. The molecule has 3 nitrogen and oxygen atoms in total. The summed E-state index contributed by atoms with van der Waals surface area (Å²) in [6.07, 6.45) is 7.09. The fourth-order valence-corrected chi connectivity index (χ4v) is 2.68. The van der Waals surface area contributed by atoms with E-state index in [1.54, 1.807) is 6.08 Å². The molecule has 0 aromatic heterocycles. The van der Waals surface area contributed by atoms with Gasteiger partial charge in [0, 0.05) is 6.08 Å². The van der Waals surface area contributed by atoms with Crippen LogP contribution in [-0.4, -0.2) is 12.1 Å². The molecule has 0 radical (unpaired) electrons. The summed E-state index contributed by atoms with van der Waals surface area (Å²) in [7, 11) is 0. The monoisotopic (exact) mass is 269 g/mol. The first kappa shape index (κ1) is 14.3. The molecule has 1 aromatic carbocycles. The molecule has 20 heavy (non-hydrogen) atoms. The standard InChI is InChI=1S/C17H19NO2/c1-2-3-17(19)20-16-10-8-15(9-11-16)14-6-4-13(12-18)5-7-14/h2-7,15-16H,8-11H2,1H3. The maximum Gasteiger partial charge on any atom is 0.330 e. The van der Waals surface area contributed by atoms with Crippen molar-refractivity contribution in [2.24, 2.45) is 0 Å². The van der Waals surface area contributed by atoms with E-state index >= 15 is 0 Å². The summed E-state index contributed by atoms with van der Waals surface area (Å²) in [5.74, 6) is 0.272. The summed E-state index contributed by atoms with van der Waals surface area (Å²) in [5, 5.41) is 8.80. The van der Waals surface area contributed by atoms with Gasteiger partial charge in [0.2, 0.25) is 0 Å². The third kappa shape index (κ3) is 3.71. The molecule has 0 atom stereocenters. The Morgan fingerprint density at radius 2 is 1.90 bits per heavy atom. The highest BCUT2D eigenvalue weighted by Crippen LogP contribution is 2.34. The van der Waals surface area contributed by atoms with E-state index in [0.717, 1.165) is 25.7 Å². The predicted octanol–water partition coefficient (Wildman–Crippen LogP) is 3.70. The van der Waals surface area contributed by atoms with Crippen LogP contribution in [0, 0.1) is 11.3 Å². The van der Waals surface area contributed by atoms with E-state index in [1.807, 2.05) is 31.2 Å². The highest BCUT2D eigenvalue weighted by atomic mass is 16.5. The fourth-order valence-electron chi connectivity index (χ4n) is 2.68. The lowest BCUT2D eigenvalue weighted by Gasteiger charge is -2.28. The van der Waals surface area contributed by atoms with Crippen LogP contribution in [0.5, 0.6) is 0 Å². The average molecular weight is 269 g/mol. The molecule has 1 aliphatic carbocycles. The highest BCUT2D eigenvalue weighted by Gasteiger charge is 2.24. The van der Waals surface area contributed by atoms with Crippen LogP contribution in [-0.2, 0) is 9.53 Å². The zero-order valence-corrected chi connectivity index (χ0v) is 11.7.